The molecule has 0 aliphatic carbocycles. The number of hydrogen-bond acceptors (Lipinski definition) is 5. The molecule has 1 saturated heterocycles. The van der Waals surface area contributed by atoms with Crippen molar-refractivity contribution in [2.24, 2.45) is 0 Å². The molecule has 1 aliphatic rings. The summed E-state index contributed by atoms with van der Waals surface area (Å²) in [5.74, 6) is 0.243. The van der Waals surface area contributed by atoms with Crippen LogP contribution in [0, 0.1) is 0 Å². The van der Waals surface area contributed by atoms with Crippen molar-refractivity contribution in [2.75, 3.05) is 38.2 Å². The molecule has 2 heterocycles. The fourth-order valence-corrected chi connectivity index (χ4v) is 2.83. The first-order chi connectivity index (χ1) is 12.1. The number of carboxylic acid groups (broad SMARTS) is 1. The smallest absolute Gasteiger partial charge is 0.337 e. The Morgan fingerprint density at radius 2 is 1.80 bits per heavy atom. The summed E-state index contributed by atoms with van der Waals surface area (Å²) in [4.78, 5) is 31.6. The van der Waals surface area contributed by atoms with Crippen LogP contribution in [0.3, 0.4) is 0 Å². The van der Waals surface area contributed by atoms with Gasteiger partial charge in [-0.3, -0.25) is 4.79 Å². The fourth-order valence-electron chi connectivity index (χ4n) is 2.83. The summed E-state index contributed by atoms with van der Waals surface area (Å²) in [6.07, 6.45) is 1.35. The number of ether oxygens (including phenoxy) is 1. The van der Waals surface area contributed by atoms with E-state index in [4.69, 9.17) is 9.84 Å². The quantitative estimate of drug-likeness (QED) is 0.912. The van der Waals surface area contributed by atoms with Gasteiger partial charge < -0.3 is 19.6 Å². The number of pyridine rings is 1. The van der Waals surface area contributed by atoms with Gasteiger partial charge in [0.15, 0.2) is 0 Å². The van der Waals surface area contributed by atoms with E-state index in [-0.39, 0.29) is 11.5 Å². The first-order valence-electron chi connectivity index (χ1n) is 7.96. The van der Waals surface area contributed by atoms with Gasteiger partial charge in [-0.1, -0.05) is 12.1 Å². The van der Waals surface area contributed by atoms with Crippen molar-refractivity contribution in [1.82, 2.24) is 9.88 Å². The van der Waals surface area contributed by atoms with Gasteiger partial charge in [-0.25, -0.2) is 9.78 Å². The first-order valence-corrected chi connectivity index (χ1v) is 7.96. The lowest BCUT2D eigenvalue weighted by molar-refractivity contribution is 0.0694. The number of carboxylic acids is 1. The van der Waals surface area contributed by atoms with Crippen LogP contribution >= 0.6 is 0 Å². The normalized spacial score (nSPS) is 14.3. The summed E-state index contributed by atoms with van der Waals surface area (Å²) >= 11 is 0. The van der Waals surface area contributed by atoms with E-state index in [0.29, 0.717) is 37.5 Å². The zero-order valence-corrected chi connectivity index (χ0v) is 13.9. The highest BCUT2D eigenvalue weighted by Gasteiger charge is 2.24. The average molecular weight is 341 g/mol. The topological polar surface area (TPSA) is 83.0 Å². The van der Waals surface area contributed by atoms with Gasteiger partial charge in [0.05, 0.1) is 18.2 Å². The Kier molecular flexibility index (Phi) is 4.83. The van der Waals surface area contributed by atoms with Gasteiger partial charge in [0.25, 0.3) is 5.91 Å². The van der Waals surface area contributed by atoms with Crippen LogP contribution in [0.2, 0.25) is 0 Å². The molecule has 1 amide bonds. The molecule has 1 aromatic heterocycles. The highest BCUT2D eigenvalue weighted by molar-refractivity contribution is 5.97. The number of aromatic carboxylic acids is 1. The van der Waals surface area contributed by atoms with Gasteiger partial charge >= 0.3 is 5.97 Å². The number of rotatable bonds is 4. The van der Waals surface area contributed by atoms with Crippen molar-refractivity contribution < 1.29 is 19.4 Å². The number of anilines is 1. The number of para-hydroxylation sites is 1. The molecule has 0 radical (unpaired) electrons. The Morgan fingerprint density at radius 1 is 1.08 bits per heavy atom. The molecule has 0 spiro atoms. The van der Waals surface area contributed by atoms with E-state index < -0.39 is 5.97 Å². The SMILES string of the molecule is COc1ccccc1C(=O)N1CCN(c2ccc(C(=O)O)cn2)CC1. The number of aromatic nitrogens is 1. The second-order valence-electron chi connectivity index (χ2n) is 5.69. The maximum Gasteiger partial charge on any atom is 0.337 e. The van der Waals surface area contributed by atoms with E-state index in [1.54, 1.807) is 30.2 Å². The predicted molar refractivity (Wildman–Crippen MR) is 92.3 cm³/mol. The van der Waals surface area contributed by atoms with Crippen LogP contribution in [0.1, 0.15) is 20.7 Å². The molecule has 1 N–H and O–H groups in total. The lowest BCUT2D eigenvalue weighted by atomic mass is 10.1. The molecule has 1 aliphatic heterocycles. The lowest BCUT2D eigenvalue weighted by Gasteiger charge is -2.35. The van der Waals surface area contributed by atoms with Crippen molar-refractivity contribution in [3.05, 3.63) is 53.7 Å². The minimum atomic E-state index is -0.994. The van der Waals surface area contributed by atoms with Crippen LogP contribution < -0.4 is 9.64 Å². The van der Waals surface area contributed by atoms with Crippen molar-refractivity contribution in [3.8, 4) is 5.75 Å². The standard InChI is InChI=1S/C18H19N3O4/c1-25-15-5-3-2-4-14(15)17(22)21-10-8-20(9-11-21)16-7-6-13(12-19-16)18(23)24/h2-7,12H,8-11H2,1H3,(H,23,24). The predicted octanol–water partition coefficient (Wildman–Crippen LogP) is 1.75. The van der Waals surface area contributed by atoms with E-state index in [9.17, 15) is 9.59 Å². The third-order valence-electron chi connectivity index (χ3n) is 4.22. The molecule has 130 valence electrons. The molecular formula is C18H19N3O4. The van der Waals surface area contributed by atoms with Crippen LogP contribution in [0.15, 0.2) is 42.6 Å². The molecule has 1 fully saturated rings. The molecule has 0 saturated carbocycles. The van der Waals surface area contributed by atoms with Crippen LogP contribution in [-0.2, 0) is 0 Å². The average Bonchev–Trinajstić information content (AvgIpc) is 2.67. The minimum Gasteiger partial charge on any atom is -0.496 e. The molecule has 0 bridgehead atoms. The van der Waals surface area contributed by atoms with E-state index in [2.05, 4.69) is 4.98 Å². The van der Waals surface area contributed by atoms with Gasteiger partial charge in [-0.15, -0.1) is 0 Å². The highest BCUT2D eigenvalue weighted by Crippen LogP contribution is 2.21. The summed E-state index contributed by atoms with van der Waals surface area (Å²) < 4.78 is 5.26. The fraction of sp³-hybridized carbons (Fsp3) is 0.278. The van der Waals surface area contributed by atoms with Crippen molar-refractivity contribution in [3.63, 3.8) is 0 Å². The molecule has 1 aromatic carbocycles. The van der Waals surface area contributed by atoms with Crippen LogP contribution in [-0.4, -0.2) is 60.2 Å². The number of carbonyl (C=O) groups is 2. The number of hydrogen-bond donors (Lipinski definition) is 1. The van der Waals surface area contributed by atoms with Crippen LogP contribution in [0.25, 0.3) is 0 Å². The van der Waals surface area contributed by atoms with Gasteiger partial charge in [-0.2, -0.15) is 0 Å². The summed E-state index contributed by atoms with van der Waals surface area (Å²) in [6, 6.07) is 10.4. The van der Waals surface area contributed by atoms with Crippen molar-refractivity contribution >= 4 is 17.7 Å². The van der Waals surface area contributed by atoms with E-state index in [1.807, 2.05) is 17.0 Å². The zero-order valence-electron chi connectivity index (χ0n) is 13.9. The number of methoxy groups -OCH3 is 1. The zero-order chi connectivity index (χ0) is 17.8. The molecule has 2 aromatic rings. The number of nitrogens with zero attached hydrogens (tertiary/aromatic N) is 3. The molecule has 0 atom stereocenters. The number of carbonyl (C=O) groups excluding carboxylic acids is 1. The largest absolute Gasteiger partial charge is 0.496 e. The molecular weight excluding hydrogens is 322 g/mol. The maximum absolute atomic E-state index is 12.7. The molecule has 0 unspecified atom stereocenters. The maximum atomic E-state index is 12.7. The Hall–Kier alpha value is -3.09. The molecule has 7 heteroatoms. The highest BCUT2D eigenvalue weighted by atomic mass is 16.5. The van der Waals surface area contributed by atoms with Crippen LogP contribution in [0.4, 0.5) is 5.82 Å². The number of piperazine rings is 1. The third-order valence-corrected chi connectivity index (χ3v) is 4.22. The molecule has 3 rings (SSSR count). The second-order valence-corrected chi connectivity index (χ2v) is 5.69. The Labute approximate surface area is 145 Å². The van der Waals surface area contributed by atoms with Gasteiger partial charge in [0.2, 0.25) is 0 Å². The molecule has 7 nitrogen and oxygen atoms in total. The monoisotopic (exact) mass is 341 g/mol. The van der Waals surface area contributed by atoms with E-state index in [0.717, 1.165) is 5.82 Å². The van der Waals surface area contributed by atoms with E-state index >= 15 is 0 Å². The molecule has 25 heavy (non-hydrogen) atoms. The Balaban J connectivity index is 1.65. The summed E-state index contributed by atoms with van der Waals surface area (Å²) in [6.45, 7) is 2.42. The summed E-state index contributed by atoms with van der Waals surface area (Å²) in [5, 5.41) is 8.92. The van der Waals surface area contributed by atoms with Gasteiger partial charge in [-0.05, 0) is 24.3 Å². The van der Waals surface area contributed by atoms with Crippen LogP contribution in [0.5, 0.6) is 5.75 Å². The minimum absolute atomic E-state index is 0.0497. The first kappa shape index (κ1) is 16.8. The summed E-state index contributed by atoms with van der Waals surface area (Å²) in [7, 11) is 1.55. The van der Waals surface area contributed by atoms with Crippen molar-refractivity contribution in [2.45, 2.75) is 0 Å². The number of benzene rings is 1. The third kappa shape index (κ3) is 3.55. The van der Waals surface area contributed by atoms with Gasteiger partial charge in [0.1, 0.15) is 11.6 Å². The second kappa shape index (κ2) is 7.21. The number of amides is 1. The van der Waals surface area contributed by atoms with Gasteiger partial charge in [0, 0.05) is 32.4 Å². The Morgan fingerprint density at radius 3 is 2.40 bits per heavy atom. The van der Waals surface area contributed by atoms with E-state index in [1.165, 1.54) is 12.3 Å². The summed E-state index contributed by atoms with van der Waals surface area (Å²) in [5.41, 5.74) is 0.719. The Bertz CT molecular complexity index is 768. The lowest BCUT2D eigenvalue weighted by Crippen LogP contribution is -2.49. The van der Waals surface area contributed by atoms with Crippen molar-refractivity contribution in [1.29, 1.82) is 0 Å².